The molecule has 0 aliphatic rings. The van der Waals surface area contributed by atoms with Crippen molar-refractivity contribution in [1.82, 2.24) is 0 Å². The predicted molar refractivity (Wildman–Crippen MR) is 85.5 cm³/mol. The van der Waals surface area contributed by atoms with Gasteiger partial charge in [-0.3, -0.25) is 4.72 Å². The second-order valence-corrected chi connectivity index (χ2v) is 6.76. The molecule has 2 aromatic carbocycles. The van der Waals surface area contributed by atoms with Crippen LogP contribution in [0.15, 0.2) is 51.8 Å². The molecule has 112 valence electrons. The smallest absolute Gasteiger partial charge is 0.263 e. The minimum atomic E-state index is -3.77. The molecule has 0 saturated carbocycles. The molecule has 21 heavy (non-hydrogen) atoms. The maximum atomic E-state index is 13.1. The lowest BCUT2D eigenvalue weighted by atomic mass is 10.3. The van der Waals surface area contributed by atoms with E-state index in [1.54, 1.807) is 18.2 Å². The first-order valence-corrected chi connectivity index (χ1v) is 8.52. The van der Waals surface area contributed by atoms with E-state index >= 15 is 0 Å². The zero-order valence-corrected chi connectivity index (χ0v) is 13.6. The van der Waals surface area contributed by atoms with Crippen molar-refractivity contribution < 1.29 is 12.8 Å². The Morgan fingerprint density at radius 1 is 1.14 bits per heavy atom. The minimum absolute atomic E-state index is 0.142. The molecule has 0 bridgehead atoms. The normalized spacial score (nSPS) is 11.2. The average Bonchev–Trinajstić information content (AvgIpc) is 2.43. The van der Waals surface area contributed by atoms with Crippen LogP contribution in [0.5, 0.6) is 0 Å². The highest BCUT2D eigenvalue weighted by Gasteiger charge is 2.19. The Morgan fingerprint density at radius 3 is 2.52 bits per heavy atom. The molecule has 0 spiro atoms. The van der Waals surface area contributed by atoms with Gasteiger partial charge in [0.15, 0.2) is 0 Å². The third-order valence-electron chi connectivity index (χ3n) is 2.72. The summed E-state index contributed by atoms with van der Waals surface area (Å²) < 4.78 is 40.8. The maximum Gasteiger partial charge on any atom is 0.263 e. The van der Waals surface area contributed by atoms with Gasteiger partial charge in [0.05, 0.1) is 11.4 Å². The van der Waals surface area contributed by atoms with E-state index in [9.17, 15) is 12.8 Å². The number of hydrogen-bond acceptors (Lipinski definition) is 3. The van der Waals surface area contributed by atoms with Gasteiger partial charge in [-0.15, -0.1) is 0 Å². The molecule has 0 aliphatic carbocycles. The van der Waals surface area contributed by atoms with Crippen LogP contribution in [0.1, 0.15) is 6.92 Å². The average molecular weight is 373 g/mol. The largest absolute Gasteiger partial charge is 0.384 e. The standard InChI is InChI=1S/C14H14BrFN2O2S/c1-2-17-13-5-3-4-6-14(13)21(19,20)18-12-8-7-10(16)9-11(12)15/h3-9,17-18H,2H2,1H3. The Morgan fingerprint density at radius 2 is 1.86 bits per heavy atom. The van der Waals surface area contributed by atoms with Gasteiger partial charge >= 0.3 is 0 Å². The van der Waals surface area contributed by atoms with Crippen LogP contribution in [0.2, 0.25) is 0 Å². The van der Waals surface area contributed by atoms with Crippen LogP contribution in [0, 0.1) is 5.82 Å². The van der Waals surface area contributed by atoms with Crippen LogP contribution in [0.3, 0.4) is 0 Å². The first-order chi connectivity index (χ1) is 9.94. The highest BCUT2D eigenvalue weighted by atomic mass is 79.9. The topological polar surface area (TPSA) is 58.2 Å². The Kier molecular flexibility index (Phi) is 4.84. The van der Waals surface area contributed by atoms with E-state index in [0.29, 0.717) is 16.7 Å². The molecule has 0 fully saturated rings. The van der Waals surface area contributed by atoms with Crippen LogP contribution in [0.25, 0.3) is 0 Å². The highest BCUT2D eigenvalue weighted by molar-refractivity contribution is 9.10. The van der Waals surface area contributed by atoms with E-state index in [1.165, 1.54) is 24.3 Å². The fourth-order valence-corrected chi connectivity index (χ4v) is 3.66. The van der Waals surface area contributed by atoms with E-state index in [4.69, 9.17) is 0 Å². The summed E-state index contributed by atoms with van der Waals surface area (Å²) in [6.45, 7) is 2.49. The van der Waals surface area contributed by atoms with E-state index in [-0.39, 0.29) is 10.6 Å². The van der Waals surface area contributed by atoms with Gasteiger partial charge in [0.25, 0.3) is 10.0 Å². The van der Waals surface area contributed by atoms with Crippen LogP contribution < -0.4 is 10.0 Å². The second-order valence-electron chi connectivity index (χ2n) is 4.26. The monoisotopic (exact) mass is 372 g/mol. The molecule has 0 aromatic heterocycles. The van der Waals surface area contributed by atoms with Crippen LogP contribution in [-0.2, 0) is 10.0 Å². The van der Waals surface area contributed by atoms with Gasteiger partial charge in [-0.05, 0) is 53.2 Å². The number of rotatable bonds is 5. The summed E-state index contributed by atoms with van der Waals surface area (Å²) in [5, 5.41) is 3.00. The molecular weight excluding hydrogens is 359 g/mol. The van der Waals surface area contributed by atoms with Gasteiger partial charge in [0.2, 0.25) is 0 Å². The first kappa shape index (κ1) is 15.8. The highest BCUT2D eigenvalue weighted by Crippen LogP contribution is 2.28. The number of para-hydroxylation sites is 1. The summed E-state index contributed by atoms with van der Waals surface area (Å²) in [5.74, 6) is -0.446. The number of benzene rings is 2. The molecule has 4 nitrogen and oxygen atoms in total. The number of hydrogen-bond donors (Lipinski definition) is 2. The molecule has 2 aromatic rings. The molecule has 2 N–H and O–H groups in total. The van der Waals surface area contributed by atoms with Crippen molar-refractivity contribution in [1.29, 1.82) is 0 Å². The van der Waals surface area contributed by atoms with Crippen molar-refractivity contribution in [2.24, 2.45) is 0 Å². The van der Waals surface area contributed by atoms with Gasteiger partial charge in [0.1, 0.15) is 10.7 Å². The number of nitrogens with one attached hydrogen (secondary N) is 2. The van der Waals surface area contributed by atoms with E-state index in [1.807, 2.05) is 6.92 Å². The summed E-state index contributed by atoms with van der Waals surface area (Å²) in [7, 11) is -3.77. The molecular formula is C14H14BrFN2O2S. The summed E-state index contributed by atoms with van der Waals surface area (Å²) in [4.78, 5) is 0.142. The van der Waals surface area contributed by atoms with Crippen LogP contribution in [-0.4, -0.2) is 15.0 Å². The third kappa shape index (κ3) is 3.74. The van der Waals surface area contributed by atoms with E-state index in [0.717, 1.165) is 0 Å². The molecule has 2 rings (SSSR count). The predicted octanol–water partition coefficient (Wildman–Crippen LogP) is 3.82. The summed E-state index contributed by atoms with van der Waals surface area (Å²) >= 11 is 3.14. The molecule has 0 aliphatic heterocycles. The van der Waals surface area contributed by atoms with E-state index < -0.39 is 15.8 Å². The summed E-state index contributed by atoms with van der Waals surface area (Å²) in [5.41, 5.74) is 0.799. The van der Waals surface area contributed by atoms with Crippen LogP contribution in [0.4, 0.5) is 15.8 Å². The molecule has 0 unspecified atom stereocenters. The van der Waals surface area contributed by atoms with Crippen molar-refractivity contribution in [2.75, 3.05) is 16.6 Å². The van der Waals surface area contributed by atoms with Crippen molar-refractivity contribution in [3.63, 3.8) is 0 Å². The fraction of sp³-hybridized carbons (Fsp3) is 0.143. The summed E-state index contributed by atoms with van der Waals surface area (Å²) in [6, 6.07) is 10.4. The van der Waals surface area contributed by atoms with Gasteiger partial charge in [-0.1, -0.05) is 12.1 Å². The SMILES string of the molecule is CCNc1ccccc1S(=O)(=O)Nc1ccc(F)cc1Br. The van der Waals surface area contributed by atoms with Gasteiger partial charge < -0.3 is 5.32 Å². The lowest BCUT2D eigenvalue weighted by Gasteiger charge is -2.13. The van der Waals surface area contributed by atoms with Gasteiger partial charge in [0, 0.05) is 11.0 Å². The molecule has 0 amide bonds. The minimum Gasteiger partial charge on any atom is -0.384 e. The second kappa shape index (κ2) is 6.44. The quantitative estimate of drug-likeness (QED) is 0.838. The zero-order chi connectivity index (χ0) is 15.5. The summed E-state index contributed by atoms with van der Waals surface area (Å²) in [6.07, 6.45) is 0. The van der Waals surface area contributed by atoms with Crippen molar-refractivity contribution in [2.45, 2.75) is 11.8 Å². The van der Waals surface area contributed by atoms with Gasteiger partial charge in [-0.2, -0.15) is 0 Å². The lowest BCUT2D eigenvalue weighted by molar-refractivity contribution is 0.601. The third-order valence-corrected chi connectivity index (χ3v) is 4.80. The Labute approximate surface area is 131 Å². The van der Waals surface area contributed by atoms with Gasteiger partial charge in [-0.25, -0.2) is 12.8 Å². The van der Waals surface area contributed by atoms with Crippen molar-refractivity contribution in [3.8, 4) is 0 Å². The van der Waals surface area contributed by atoms with Crippen LogP contribution >= 0.6 is 15.9 Å². The number of sulfonamides is 1. The Hall–Kier alpha value is -1.60. The maximum absolute atomic E-state index is 13.1. The van der Waals surface area contributed by atoms with Crippen molar-refractivity contribution >= 4 is 37.3 Å². The Bertz CT molecular complexity index is 750. The number of anilines is 2. The lowest BCUT2D eigenvalue weighted by Crippen LogP contribution is -2.15. The fourth-order valence-electron chi connectivity index (χ4n) is 1.81. The molecule has 0 radical (unpaired) electrons. The zero-order valence-electron chi connectivity index (χ0n) is 11.2. The van der Waals surface area contributed by atoms with Crippen molar-refractivity contribution in [3.05, 3.63) is 52.8 Å². The first-order valence-electron chi connectivity index (χ1n) is 6.25. The van der Waals surface area contributed by atoms with E-state index in [2.05, 4.69) is 26.0 Å². The Balaban J connectivity index is 2.39. The molecule has 0 atom stereocenters. The molecule has 7 heteroatoms. The number of halogens is 2. The molecule has 0 saturated heterocycles. The molecule has 0 heterocycles.